The fourth-order valence-corrected chi connectivity index (χ4v) is 8.93. The maximum atomic E-state index is 2.83. The molecule has 2 heterocycles. The highest BCUT2D eigenvalue weighted by molar-refractivity contribution is 5.59. The van der Waals surface area contributed by atoms with Crippen LogP contribution < -0.4 is 4.90 Å². The summed E-state index contributed by atoms with van der Waals surface area (Å²) in [6.07, 6.45) is 18.4. The van der Waals surface area contributed by atoms with Gasteiger partial charge in [-0.25, -0.2) is 0 Å². The van der Waals surface area contributed by atoms with Gasteiger partial charge < -0.3 is 9.80 Å². The molecule has 4 atom stereocenters. The Bertz CT molecular complexity index is 1070. The van der Waals surface area contributed by atoms with E-state index >= 15 is 0 Å². The lowest BCUT2D eigenvalue weighted by Crippen LogP contribution is -2.52. The van der Waals surface area contributed by atoms with Gasteiger partial charge in [0.1, 0.15) is 6.17 Å². The Labute approximate surface area is 213 Å². The van der Waals surface area contributed by atoms with E-state index in [1.807, 2.05) is 0 Å². The van der Waals surface area contributed by atoms with Gasteiger partial charge in [0.2, 0.25) is 0 Å². The normalized spacial score (nSPS) is 31.5. The van der Waals surface area contributed by atoms with Crippen LogP contribution in [0.15, 0.2) is 54.7 Å². The average molecular weight is 469 g/mol. The van der Waals surface area contributed by atoms with Crippen molar-refractivity contribution in [1.29, 1.82) is 0 Å². The van der Waals surface area contributed by atoms with Gasteiger partial charge in [-0.1, -0.05) is 74.6 Å². The van der Waals surface area contributed by atoms with Gasteiger partial charge in [-0.05, 0) is 94.2 Å². The van der Waals surface area contributed by atoms with Crippen molar-refractivity contribution in [2.24, 2.45) is 17.3 Å². The van der Waals surface area contributed by atoms with Crippen LogP contribution in [-0.4, -0.2) is 17.0 Å². The van der Waals surface area contributed by atoms with E-state index in [-0.39, 0.29) is 6.17 Å². The fourth-order valence-electron chi connectivity index (χ4n) is 8.93. The number of benzene rings is 2. The molecule has 0 aromatic heterocycles. The minimum absolute atomic E-state index is 0.264. The molecule has 2 saturated carbocycles. The van der Waals surface area contributed by atoms with Crippen LogP contribution in [0.2, 0.25) is 0 Å². The molecule has 2 nitrogen and oxygen atoms in total. The van der Waals surface area contributed by atoms with Gasteiger partial charge in [0.05, 0.1) is 6.04 Å². The lowest BCUT2D eigenvalue weighted by Gasteiger charge is -2.49. The molecule has 2 aliphatic carbocycles. The third-order valence-electron chi connectivity index (χ3n) is 10.4. The Kier molecular flexibility index (Phi) is 5.98. The van der Waals surface area contributed by atoms with E-state index in [2.05, 4.69) is 92.2 Å². The summed E-state index contributed by atoms with van der Waals surface area (Å²) in [6, 6.07) is 17.0. The van der Waals surface area contributed by atoms with Crippen molar-refractivity contribution in [3.05, 3.63) is 77.0 Å². The topological polar surface area (TPSA) is 6.48 Å². The summed E-state index contributed by atoms with van der Waals surface area (Å²) >= 11 is 0. The molecule has 4 aliphatic rings. The molecule has 3 unspecified atom stereocenters. The highest BCUT2D eigenvalue weighted by Crippen LogP contribution is 2.62. The summed E-state index contributed by atoms with van der Waals surface area (Å²) in [5.74, 6) is 1.68. The van der Waals surface area contributed by atoms with Crippen molar-refractivity contribution >= 4 is 5.69 Å². The predicted octanol–water partition coefficient (Wildman–Crippen LogP) is 8.47. The van der Waals surface area contributed by atoms with E-state index in [4.69, 9.17) is 0 Å². The van der Waals surface area contributed by atoms with Crippen LogP contribution in [0.25, 0.3) is 0 Å². The minimum Gasteiger partial charge on any atom is -0.348 e. The van der Waals surface area contributed by atoms with Crippen LogP contribution in [0.1, 0.15) is 93.1 Å². The molecular weight excluding hydrogens is 424 g/mol. The van der Waals surface area contributed by atoms with Gasteiger partial charge >= 0.3 is 0 Å². The zero-order valence-electron chi connectivity index (χ0n) is 22.3. The third-order valence-corrected chi connectivity index (χ3v) is 10.4. The highest BCUT2D eigenvalue weighted by atomic mass is 15.5. The number of hydrogen-bond acceptors (Lipinski definition) is 2. The smallest absolute Gasteiger partial charge is 0.129 e. The van der Waals surface area contributed by atoms with Crippen molar-refractivity contribution in [2.45, 2.75) is 104 Å². The number of fused-ring (bicyclic) bond motifs is 1. The van der Waals surface area contributed by atoms with Crippen molar-refractivity contribution in [2.75, 3.05) is 4.90 Å². The van der Waals surface area contributed by atoms with Gasteiger partial charge in [-0.15, -0.1) is 0 Å². The van der Waals surface area contributed by atoms with Crippen molar-refractivity contribution in [1.82, 2.24) is 4.90 Å². The van der Waals surface area contributed by atoms with E-state index in [0.717, 1.165) is 11.8 Å². The molecule has 0 bridgehead atoms. The van der Waals surface area contributed by atoms with E-state index < -0.39 is 0 Å². The number of aryl methyl sites for hydroxylation is 3. The van der Waals surface area contributed by atoms with Crippen LogP contribution in [0.3, 0.4) is 0 Å². The fraction of sp³-hybridized carbons (Fsp3) is 0.576. The van der Waals surface area contributed by atoms with Crippen LogP contribution >= 0.6 is 0 Å². The third kappa shape index (κ3) is 3.50. The molecule has 3 fully saturated rings. The molecule has 0 N–H and O–H groups in total. The lowest BCUT2D eigenvalue weighted by atomic mass is 9.57. The second-order valence-corrected chi connectivity index (χ2v) is 12.1. The summed E-state index contributed by atoms with van der Waals surface area (Å²) in [5.41, 5.74) is 7.49. The predicted molar refractivity (Wildman–Crippen MR) is 148 cm³/mol. The molecule has 0 radical (unpaired) electrons. The second kappa shape index (κ2) is 9.02. The number of para-hydroxylation sites is 1. The molecule has 0 amide bonds. The quantitative estimate of drug-likeness (QED) is 0.444. The highest BCUT2D eigenvalue weighted by Gasteiger charge is 2.61. The molecule has 6 rings (SSSR count). The number of hydrogen-bond donors (Lipinski definition) is 0. The van der Waals surface area contributed by atoms with Crippen molar-refractivity contribution in [3.63, 3.8) is 0 Å². The number of anilines is 1. The van der Waals surface area contributed by atoms with Gasteiger partial charge in [0.15, 0.2) is 0 Å². The summed E-state index contributed by atoms with van der Waals surface area (Å²) < 4.78 is 0. The van der Waals surface area contributed by atoms with Crippen LogP contribution in [0, 0.1) is 38.0 Å². The summed E-state index contributed by atoms with van der Waals surface area (Å²) in [5, 5.41) is 0. The molecule has 2 aliphatic heterocycles. The molecule has 186 valence electrons. The average Bonchev–Trinajstić information content (AvgIpc) is 3.59. The molecule has 2 aromatic rings. The second-order valence-electron chi connectivity index (χ2n) is 12.1. The van der Waals surface area contributed by atoms with Crippen LogP contribution in [0.5, 0.6) is 0 Å². The first-order chi connectivity index (χ1) is 17.0. The Morgan fingerprint density at radius 1 is 0.714 bits per heavy atom. The zero-order valence-corrected chi connectivity index (χ0v) is 22.3. The number of rotatable bonds is 4. The maximum Gasteiger partial charge on any atom is 0.129 e. The Morgan fingerprint density at radius 3 is 1.91 bits per heavy atom. The summed E-state index contributed by atoms with van der Waals surface area (Å²) in [4.78, 5) is 5.64. The molecular formula is C33H44N2. The van der Waals surface area contributed by atoms with E-state index in [0.29, 0.717) is 17.5 Å². The van der Waals surface area contributed by atoms with Gasteiger partial charge in [-0.3, -0.25) is 0 Å². The Hall–Kier alpha value is -2.22. The van der Waals surface area contributed by atoms with E-state index in [1.165, 1.54) is 85.7 Å². The van der Waals surface area contributed by atoms with Gasteiger partial charge in [-0.2, -0.15) is 0 Å². The van der Waals surface area contributed by atoms with Crippen LogP contribution in [0.4, 0.5) is 5.69 Å². The molecule has 2 aromatic carbocycles. The minimum atomic E-state index is 0.264. The monoisotopic (exact) mass is 468 g/mol. The molecule has 35 heavy (non-hydrogen) atoms. The molecule has 2 heteroatoms. The van der Waals surface area contributed by atoms with E-state index in [9.17, 15) is 0 Å². The van der Waals surface area contributed by atoms with E-state index in [1.54, 1.807) is 0 Å². The summed E-state index contributed by atoms with van der Waals surface area (Å²) in [6.45, 7) is 9.49. The first-order valence-electron chi connectivity index (χ1n) is 14.4. The Morgan fingerprint density at radius 2 is 1.29 bits per heavy atom. The first kappa shape index (κ1) is 23.2. The van der Waals surface area contributed by atoms with Crippen molar-refractivity contribution in [3.8, 4) is 0 Å². The lowest BCUT2D eigenvalue weighted by molar-refractivity contribution is 0.0328. The maximum absolute atomic E-state index is 2.83. The first-order valence-corrected chi connectivity index (χ1v) is 14.4. The zero-order chi connectivity index (χ0) is 24.2. The molecule has 0 spiro atoms. The number of nitrogens with zero attached hydrogens (tertiary/aromatic N) is 2. The standard InChI is InChI=1S/C33H44N2/c1-23-13-8-11-20-29(23)35-26(4)31-33(28-18-9-10-19-28,27-16-6-5-7-17-27)21-22-34(31)32(35)30-24(2)14-12-15-25(30)3/h8,11-15,20-22,26-28,31-32H,5-7,9-10,16-19H2,1-4H3/t26-,31?,32?,33?/m0/s1. The summed E-state index contributed by atoms with van der Waals surface area (Å²) in [7, 11) is 0. The SMILES string of the molecule is Cc1ccccc1N1C(c2c(C)cccc2C)N2C=CC(C3CCCCC3)(C3CCCC3)C2[C@@H]1C. The Balaban J connectivity index is 1.53. The van der Waals surface area contributed by atoms with Gasteiger partial charge in [0.25, 0.3) is 0 Å². The van der Waals surface area contributed by atoms with Crippen molar-refractivity contribution < 1.29 is 0 Å². The molecule has 1 saturated heterocycles. The van der Waals surface area contributed by atoms with Gasteiger partial charge in [0, 0.05) is 22.7 Å². The van der Waals surface area contributed by atoms with Crippen LogP contribution in [-0.2, 0) is 0 Å². The largest absolute Gasteiger partial charge is 0.348 e.